The largest absolute Gasteiger partial charge is 0.0879 e. The molecule has 0 heterocycles. The van der Waals surface area contributed by atoms with E-state index in [1.54, 1.807) is 11.1 Å². The van der Waals surface area contributed by atoms with Crippen LogP contribution < -0.4 is 0 Å². The Bertz CT molecular complexity index is 379. The van der Waals surface area contributed by atoms with E-state index >= 15 is 0 Å². The third-order valence-electron chi connectivity index (χ3n) is 4.12. The molecule has 0 saturated carbocycles. The fraction of sp³-hybridized carbons (Fsp3) is 0.500. The van der Waals surface area contributed by atoms with Crippen LogP contribution in [0.3, 0.4) is 0 Å². The standard InChI is InChI=1S/C16H20/c1-2-7-13(8-3-1)16-12-6-10-14-9-4-5-11-15(14)16/h2,5-7,11-14H,1,3-4,8-10H2. The van der Waals surface area contributed by atoms with E-state index in [2.05, 4.69) is 36.5 Å². The second-order valence-corrected chi connectivity index (χ2v) is 5.19. The van der Waals surface area contributed by atoms with Gasteiger partial charge in [0.25, 0.3) is 0 Å². The van der Waals surface area contributed by atoms with E-state index in [-0.39, 0.29) is 0 Å². The van der Waals surface area contributed by atoms with Gasteiger partial charge >= 0.3 is 0 Å². The molecule has 0 aliphatic heterocycles. The van der Waals surface area contributed by atoms with Crippen LogP contribution in [0.15, 0.2) is 47.6 Å². The first kappa shape index (κ1) is 10.1. The van der Waals surface area contributed by atoms with Crippen molar-refractivity contribution in [2.24, 2.45) is 11.8 Å². The van der Waals surface area contributed by atoms with E-state index in [0.717, 1.165) is 5.92 Å². The summed E-state index contributed by atoms with van der Waals surface area (Å²) in [6, 6.07) is 0. The lowest BCUT2D eigenvalue weighted by molar-refractivity contribution is 0.536. The van der Waals surface area contributed by atoms with Crippen molar-refractivity contribution in [1.82, 2.24) is 0 Å². The van der Waals surface area contributed by atoms with Crippen LogP contribution in [0.5, 0.6) is 0 Å². The molecule has 2 atom stereocenters. The van der Waals surface area contributed by atoms with Gasteiger partial charge in [-0.1, -0.05) is 36.5 Å². The lowest BCUT2D eigenvalue weighted by Crippen LogP contribution is -2.15. The molecule has 3 aliphatic rings. The molecule has 0 saturated heterocycles. The van der Waals surface area contributed by atoms with E-state index in [1.807, 2.05) is 0 Å². The van der Waals surface area contributed by atoms with Gasteiger partial charge in [0.05, 0.1) is 0 Å². The maximum absolute atomic E-state index is 2.43. The molecule has 3 rings (SSSR count). The summed E-state index contributed by atoms with van der Waals surface area (Å²) < 4.78 is 0. The van der Waals surface area contributed by atoms with Gasteiger partial charge in [-0.15, -0.1) is 0 Å². The first-order chi connectivity index (χ1) is 7.95. The summed E-state index contributed by atoms with van der Waals surface area (Å²) in [7, 11) is 0. The Labute approximate surface area is 98.4 Å². The van der Waals surface area contributed by atoms with Crippen LogP contribution in [0, 0.1) is 11.8 Å². The molecule has 0 amide bonds. The minimum Gasteiger partial charge on any atom is -0.0879 e. The lowest BCUT2D eigenvalue weighted by Gasteiger charge is -2.30. The van der Waals surface area contributed by atoms with Gasteiger partial charge in [-0.2, -0.15) is 0 Å². The van der Waals surface area contributed by atoms with Gasteiger partial charge < -0.3 is 0 Å². The first-order valence-corrected chi connectivity index (χ1v) is 6.69. The molecular formula is C16H20. The Morgan fingerprint density at radius 1 is 0.875 bits per heavy atom. The molecule has 0 radical (unpaired) electrons. The fourth-order valence-electron chi connectivity index (χ4n) is 3.24. The molecule has 0 aromatic carbocycles. The van der Waals surface area contributed by atoms with Crippen molar-refractivity contribution in [1.29, 1.82) is 0 Å². The summed E-state index contributed by atoms with van der Waals surface area (Å²) in [5.41, 5.74) is 3.26. The minimum absolute atomic E-state index is 0.700. The molecular weight excluding hydrogens is 192 g/mol. The number of rotatable bonds is 1. The van der Waals surface area contributed by atoms with Crippen LogP contribution in [-0.4, -0.2) is 0 Å². The second kappa shape index (κ2) is 4.45. The molecule has 0 bridgehead atoms. The Balaban J connectivity index is 1.96. The van der Waals surface area contributed by atoms with E-state index in [9.17, 15) is 0 Å². The number of hydrogen-bond donors (Lipinski definition) is 0. The number of fused-ring (bicyclic) bond motifs is 1. The normalized spacial score (nSPS) is 33.0. The van der Waals surface area contributed by atoms with Crippen LogP contribution in [0.25, 0.3) is 0 Å². The van der Waals surface area contributed by atoms with Crippen molar-refractivity contribution in [2.45, 2.75) is 38.5 Å². The van der Waals surface area contributed by atoms with Gasteiger partial charge in [-0.25, -0.2) is 0 Å². The topological polar surface area (TPSA) is 0 Å². The van der Waals surface area contributed by atoms with Crippen molar-refractivity contribution in [2.75, 3.05) is 0 Å². The maximum Gasteiger partial charge on any atom is 0.00207 e. The summed E-state index contributed by atoms with van der Waals surface area (Å²) in [6.45, 7) is 0. The Kier molecular flexibility index (Phi) is 2.82. The molecule has 3 aliphatic carbocycles. The van der Waals surface area contributed by atoms with Crippen molar-refractivity contribution >= 4 is 0 Å². The smallest absolute Gasteiger partial charge is 0.00207 e. The third-order valence-corrected chi connectivity index (χ3v) is 4.12. The zero-order chi connectivity index (χ0) is 10.8. The van der Waals surface area contributed by atoms with E-state index in [4.69, 9.17) is 0 Å². The highest BCUT2D eigenvalue weighted by atomic mass is 14.3. The van der Waals surface area contributed by atoms with Crippen molar-refractivity contribution in [3.05, 3.63) is 47.6 Å². The van der Waals surface area contributed by atoms with Crippen LogP contribution in [0.1, 0.15) is 38.5 Å². The van der Waals surface area contributed by atoms with Gasteiger partial charge in [0.1, 0.15) is 0 Å². The molecule has 16 heavy (non-hydrogen) atoms. The highest BCUT2D eigenvalue weighted by molar-refractivity contribution is 5.42. The summed E-state index contributed by atoms with van der Waals surface area (Å²) in [6.07, 6.45) is 22.2. The monoisotopic (exact) mass is 212 g/mol. The third kappa shape index (κ3) is 1.81. The summed E-state index contributed by atoms with van der Waals surface area (Å²) in [4.78, 5) is 0. The van der Waals surface area contributed by atoms with E-state index in [0.29, 0.717) is 5.92 Å². The molecule has 2 unspecified atom stereocenters. The van der Waals surface area contributed by atoms with Crippen LogP contribution in [-0.2, 0) is 0 Å². The zero-order valence-corrected chi connectivity index (χ0v) is 9.86. The number of allylic oxidation sites excluding steroid dienone is 8. The Morgan fingerprint density at radius 2 is 1.81 bits per heavy atom. The molecule has 0 aromatic rings. The summed E-state index contributed by atoms with van der Waals surface area (Å²) in [5, 5.41) is 0. The Morgan fingerprint density at radius 3 is 2.69 bits per heavy atom. The summed E-state index contributed by atoms with van der Waals surface area (Å²) in [5.74, 6) is 1.52. The lowest BCUT2D eigenvalue weighted by atomic mass is 9.75. The average Bonchev–Trinajstić information content (AvgIpc) is 2.39. The van der Waals surface area contributed by atoms with Gasteiger partial charge in [0.15, 0.2) is 0 Å². The van der Waals surface area contributed by atoms with E-state index in [1.165, 1.54) is 38.5 Å². The molecule has 84 valence electrons. The van der Waals surface area contributed by atoms with Crippen molar-refractivity contribution in [3.63, 3.8) is 0 Å². The molecule has 0 spiro atoms. The maximum atomic E-state index is 2.43. The second-order valence-electron chi connectivity index (χ2n) is 5.19. The highest BCUT2D eigenvalue weighted by Crippen LogP contribution is 2.38. The molecule has 0 N–H and O–H groups in total. The van der Waals surface area contributed by atoms with Gasteiger partial charge in [-0.3, -0.25) is 0 Å². The summed E-state index contributed by atoms with van der Waals surface area (Å²) >= 11 is 0. The van der Waals surface area contributed by atoms with E-state index < -0.39 is 0 Å². The molecule has 0 aromatic heterocycles. The van der Waals surface area contributed by atoms with Gasteiger partial charge in [-0.05, 0) is 55.6 Å². The average molecular weight is 212 g/mol. The van der Waals surface area contributed by atoms with Crippen molar-refractivity contribution in [3.8, 4) is 0 Å². The van der Waals surface area contributed by atoms with Gasteiger partial charge in [0, 0.05) is 5.92 Å². The molecule has 0 heteroatoms. The zero-order valence-electron chi connectivity index (χ0n) is 9.86. The SMILES string of the molecule is C1=CC(C2=C3C=CCCC3CC=C2)CCC1. The first-order valence-electron chi connectivity index (χ1n) is 6.69. The Hall–Kier alpha value is -1.04. The fourth-order valence-corrected chi connectivity index (χ4v) is 3.24. The predicted molar refractivity (Wildman–Crippen MR) is 69.1 cm³/mol. The van der Waals surface area contributed by atoms with Gasteiger partial charge in [0.2, 0.25) is 0 Å². The van der Waals surface area contributed by atoms with Crippen LogP contribution in [0.2, 0.25) is 0 Å². The molecule has 0 fully saturated rings. The van der Waals surface area contributed by atoms with Crippen LogP contribution in [0.4, 0.5) is 0 Å². The highest BCUT2D eigenvalue weighted by Gasteiger charge is 2.23. The van der Waals surface area contributed by atoms with Crippen LogP contribution >= 0.6 is 0 Å². The minimum atomic E-state index is 0.700. The van der Waals surface area contributed by atoms with Crippen molar-refractivity contribution < 1.29 is 0 Å². The number of hydrogen-bond acceptors (Lipinski definition) is 0. The quantitative estimate of drug-likeness (QED) is 0.559. The molecule has 0 nitrogen and oxygen atoms in total. The predicted octanol–water partition coefficient (Wildman–Crippen LogP) is 4.57.